The van der Waals surface area contributed by atoms with Crippen molar-refractivity contribution in [2.45, 2.75) is 30.9 Å². The predicted octanol–water partition coefficient (Wildman–Crippen LogP) is 3.91. The van der Waals surface area contributed by atoms with Crippen molar-refractivity contribution in [1.29, 1.82) is 0 Å². The molecule has 7 heteroatoms. The van der Waals surface area contributed by atoms with Gasteiger partial charge in [-0.15, -0.1) is 11.8 Å². The van der Waals surface area contributed by atoms with Crippen LogP contribution in [-0.2, 0) is 12.2 Å². The van der Waals surface area contributed by atoms with E-state index in [-0.39, 0.29) is 10.6 Å². The number of aromatic carboxylic acids is 1. The number of rotatable bonds is 6. The van der Waals surface area contributed by atoms with Crippen LogP contribution in [0.25, 0.3) is 0 Å². The Balaban J connectivity index is 2.01. The molecule has 0 saturated heterocycles. The Hall–Kier alpha value is -1.53. The summed E-state index contributed by atoms with van der Waals surface area (Å²) in [5.41, 5.74) is 0.0928. The lowest BCUT2D eigenvalue weighted by Gasteiger charge is -2.02. The standard InChI is InChI=1S/C14H15ClN2O3S/c1-8(2)5-13-16-12(17-20-13)7-21-9-3-4-11(15)10(6-9)14(18)19/h3-4,6,8H,5,7H2,1-2H3,(H,18,19). The minimum Gasteiger partial charge on any atom is -0.478 e. The molecule has 112 valence electrons. The van der Waals surface area contributed by atoms with Crippen LogP contribution in [0.4, 0.5) is 0 Å². The van der Waals surface area contributed by atoms with Crippen molar-refractivity contribution in [1.82, 2.24) is 10.1 Å². The normalized spacial score (nSPS) is 11.0. The van der Waals surface area contributed by atoms with E-state index in [1.165, 1.54) is 11.8 Å². The van der Waals surface area contributed by atoms with Gasteiger partial charge in [0.25, 0.3) is 0 Å². The van der Waals surface area contributed by atoms with Gasteiger partial charge in [-0.25, -0.2) is 4.79 Å². The number of carbonyl (C=O) groups is 1. The molecule has 0 unspecified atom stereocenters. The lowest BCUT2D eigenvalue weighted by Crippen LogP contribution is -1.97. The lowest BCUT2D eigenvalue weighted by atomic mass is 10.1. The molecule has 2 aromatic rings. The fourth-order valence-corrected chi connectivity index (χ4v) is 2.66. The van der Waals surface area contributed by atoms with Crippen LogP contribution in [0.3, 0.4) is 0 Å². The molecule has 1 heterocycles. The Bertz CT molecular complexity index is 643. The number of carboxylic acid groups (broad SMARTS) is 1. The number of carboxylic acids is 1. The molecule has 0 aliphatic carbocycles. The second-order valence-electron chi connectivity index (χ2n) is 4.94. The average Bonchev–Trinajstić information content (AvgIpc) is 2.84. The highest BCUT2D eigenvalue weighted by Gasteiger charge is 2.12. The summed E-state index contributed by atoms with van der Waals surface area (Å²) >= 11 is 7.27. The third kappa shape index (κ3) is 4.47. The van der Waals surface area contributed by atoms with Gasteiger partial charge in [0.15, 0.2) is 5.82 Å². The van der Waals surface area contributed by atoms with Crippen molar-refractivity contribution in [3.05, 3.63) is 40.5 Å². The molecule has 5 nitrogen and oxygen atoms in total. The van der Waals surface area contributed by atoms with Crippen LogP contribution in [0.1, 0.15) is 35.9 Å². The van der Waals surface area contributed by atoms with E-state index in [9.17, 15) is 4.79 Å². The topological polar surface area (TPSA) is 76.2 Å². The summed E-state index contributed by atoms with van der Waals surface area (Å²) < 4.78 is 5.16. The van der Waals surface area contributed by atoms with Gasteiger partial charge in [0.2, 0.25) is 5.89 Å². The van der Waals surface area contributed by atoms with E-state index in [1.54, 1.807) is 18.2 Å². The summed E-state index contributed by atoms with van der Waals surface area (Å²) in [6, 6.07) is 4.90. The molecular weight excluding hydrogens is 312 g/mol. The number of benzene rings is 1. The van der Waals surface area contributed by atoms with Gasteiger partial charge < -0.3 is 9.63 Å². The summed E-state index contributed by atoms with van der Waals surface area (Å²) in [5, 5.41) is 13.2. The van der Waals surface area contributed by atoms with Crippen molar-refractivity contribution in [2.24, 2.45) is 5.92 Å². The van der Waals surface area contributed by atoms with Gasteiger partial charge in [0.1, 0.15) is 0 Å². The van der Waals surface area contributed by atoms with Crippen LogP contribution in [-0.4, -0.2) is 21.2 Å². The molecule has 0 fully saturated rings. The maximum Gasteiger partial charge on any atom is 0.337 e. The van der Waals surface area contributed by atoms with Crippen molar-refractivity contribution in [3.63, 3.8) is 0 Å². The van der Waals surface area contributed by atoms with Gasteiger partial charge in [-0.2, -0.15) is 4.98 Å². The van der Waals surface area contributed by atoms with Gasteiger partial charge in [0, 0.05) is 11.3 Å². The number of hydrogen-bond acceptors (Lipinski definition) is 5. The molecule has 0 bridgehead atoms. The Labute approximate surface area is 131 Å². The monoisotopic (exact) mass is 326 g/mol. The molecule has 0 radical (unpaired) electrons. The SMILES string of the molecule is CC(C)Cc1nc(CSc2ccc(Cl)c(C(=O)O)c2)no1. The largest absolute Gasteiger partial charge is 0.478 e. The van der Waals surface area contributed by atoms with Crippen LogP contribution < -0.4 is 0 Å². The third-order valence-corrected chi connectivity index (χ3v) is 3.95. The van der Waals surface area contributed by atoms with Crippen LogP contribution in [0.2, 0.25) is 5.02 Å². The second-order valence-corrected chi connectivity index (χ2v) is 6.39. The molecule has 0 spiro atoms. The molecular formula is C14H15ClN2O3S. The molecule has 2 rings (SSSR count). The first-order chi connectivity index (χ1) is 9.95. The Morgan fingerprint density at radius 2 is 2.24 bits per heavy atom. The average molecular weight is 327 g/mol. The van der Waals surface area contributed by atoms with E-state index in [0.29, 0.717) is 23.4 Å². The van der Waals surface area contributed by atoms with E-state index < -0.39 is 5.97 Å². The summed E-state index contributed by atoms with van der Waals surface area (Å²) in [5.74, 6) is 1.16. The molecule has 21 heavy (non-hydrogen) atoms. The predicted molar refractivity (Wildman–Crippen MR) is 80.8 cm³/mol. The van der Waals surface area contributed by atoms with Crippen molar-refractivity contribution >= 4 is 29.3 Å². The van der Waals surface area contributed by atoms with Crippen molar-refractivity contribution in [3.8, 4) is 0 Å². The van der Waals surface area contributed by atoms with Gasteiger partial charge in [-0.1, -0.05) is 30.6 Å². The maximum atomic E-state index is 11.0. The number of thioether (sulfide) groups is 1. The smallest absolute Gasteiger partial charge is 0.337 e. The quantitative estimate of drug-likeness (QED) is 0.811. The van der Waals surface area contributed by atoms with E-state index in [0.717, 1.165) is 11.3 Å². The zero-order valence-electron chi connectivity index (χ0n) is 11.7. The molecule has 1 aromatic carbocycles. The highest BCUT2D eigenvalue weighted by atomic mass is 35.5. The highest BCUT2D eigenvalue weighted by Crippen LogP contribution is 2.26. The van der Waals surface area contributed by atoms with E-state index in [1.807, 2.05) is 0 Å². The third-order valence-electron chi connectivity index (χ3n) is 2.63. The maximum absolute atomic E-state index is 11.0. The molecule has 1 N–H and O–H groups in total. The summed E-state index contributed by atoms with van der Waals surface area (Å²) in [4.78, 5) is 16.1. The molecule has 1 aromatic heterocycles. The minimum atomic E-state index is -1.04. The first kappa shape index (κ1) is 15.9. The molecule has 0 atom stereocenters. The van der Waals surface area contributed by atoms with E-state index in [2.05, 4.69) is 24.0 Å². The first-order valence-electron chi connectivity index (χ1n) is 6.43. The van der Waals surface area contributed by atoms with Crippen LogP contribution in [0.5, 0.6) is 0 Å². The summed E-state index contributed by atoms with van der Waals surface area (Å²) in [7, 11) is 0. The number of aromatic nitrogens is 2. The van der Waals surface area contributed by atoms with Gasteiger partial charge in [0.05, 0.1) is 16.3 Å². The summed E-state index contributed by atoms with van der Waals surface area (Å²) in [6.45, 7) is 4.17. The molecule has 0 amide bonds. The second kappa shape index (κ2) is 6.95. The van der Waals surface area contributed by atoms with Crippen LogP contribution in [0.15, 0.2) is 27.6 Å². The number of halogens is 1. The Kier molecular flexibility index (Phi) is 5.25. The van der Waals surface area contributed by atoms with Crippen LogP contribution >= 0.6 is 23.4 Å². The zero-order chi connectivity index (χ0) is 15.4. The number of nitrogens with zero attached hydrogens (tertiary/aromatic N) is 2. The first-order valence-corrected chi connectivity index (χ1v) is 7.79. The van der Waals surface area contributed by atoms with Gasteiger partial charge in [-0.05, 0) is 24.1 Å². The van der Waals surface area contributed by atoms with Gasteiger partial charge in [-0.3, -0.25) is 0 Å². The zero-order valence-corrected chi connectivity index (χ0v) is 13.2. The molecule has 0 saturated carbocycles. The summed E-state index contributed by atoms with van der Waals surface area (Å²) in [6.07, 6.45) is 0.752. The highest BCUT2D eigenvalue weighted by molar-refractivity contribution is 7.98. The van der Waals surface area contributed by atoms with E-state index >= 15 is 0 Å². The van der Waals surface area contributed by atoms with Crippen molar-refractivity contribution < 1.29 is 14.4 Å². The van der Waals surface area contributed by atoms with Crippen LogP contribution in [0, 0.1) is 5.92 Å². The fourth-order valence-electron chi connectivity index (χ4n) is 1.69. The van der Waals surface area contributed by atoms with Gasteiger partial charge >= 0.3 is 5.97 Å². The molecule has 0 aliphatic rings. The number of hydrogen-bond donors (Lipinski definition) is 1. The lowest BCUT2D eigenvalue weighted by molar-refractivity contribution is 0.0697. The van der Waals surface area contributed by atoms with E-state index in [4.69, 9.17) is 21.2 Å². The Morgan fingerprint density at radius 1 is 1.48 bits per heavy atom. The fraction of sp³-hybridized carbons (Fsp3) is 0.357. The molecule has 0 aliphatic heterocycles. The Morgan fingerprint density at radius 3 is 2.90 bits per heavy atom. The van der Waals surface area contributed by atoms with Crippen molar-refractivity contribution in [2.75, 3.05) is 0 Å². The minimum absolute atomic E-state index is 0.0928.